The van der Waals surface area contributed by atoms with Crippen LogP contribution >= 0.6 is 11.6 Å². The van der Waals surface area contributed by atoms with Gasteiger partial charge < -0.3 is 10.2 Å². The molecule has 1 atom stereocenters. The van der Waals surface area contributed by atoms with Crippen molar-refractivity contribution in [3.63, 3.8) is 0 Å². The van der Waals surface area contributed by atoms with Gasteiger partial charge in [0.1, 0.15) is 0 Å². The number of halogens is 1. The number of alkyl halides is 1. The van der Waals surface area contributed by atoms with Crippen LogP contribution in [0.5, 0.6) is 0 Å². The van der Waals surface area contributed by atoms with E-state index in [1.807, 2.05) is 6.07 Å². The molecule has 0 heterocycles. The van der Waals surface area contributed by atoms with Crippen LogP contribution in [0.3, 0.4) is 0 Å². The van der Waals surface area contributed by atoms with E-state index in [1.54, 1.807) is 0 Å². The minimum Gasteiger partial charge on any atom is -0.479 e. The molecule has 0 bridgehead atoms. The Morgan fingerprint density at radius 3 is 2.56 bits per heavy atom. The lowest BCUT2D eigenvalue weighted by Crippen LogP contribution is -2.12. The van der Waals surface area contributed by atoms with Crippen LogP contribution in [0.4, 0.5) is 0 Å². The third-order valence-corrected chi connectivity index (χ3v) is 2.54. The molecular weight excluding hydrogens is 258 g/mol. The van der Waals surface area contributed by atoms with Gasteiger partial charge in [-0.15, -0.1) is 11.6 Å². The summed E-state index contributed by atoms with van der Waals surface area (Å²) >= 11 is 5.37. The maximum Gasteiger partial charge on any atom is 0.337 e. The number of ketones is 1. The standard InChI is InChI=1S/C12H10ClNO4/c13-5-10(15)4-7-1-8(6-14)3-9(2-7)11(16)12(17)18/h1-3,11,16H,4-5H2,(H,17,18). The summed E-state index contributed by atoms with van der Waals surface area (Å²) < 4.78 is 0. The summed E-state index contributed by atoms with van der Waals surface area (Å²) in [7, 11) is 0. The second-order valence-electron chi connectivity index (χ2n) is 3.66. The van der Waals surface area contributed by atoms with E-state index in [9.17, 15) is 14.7 Å². The van der Waals surface area contributed by atoms with Gasteiger partial charge in [0.15, 0.2) is 11.9 Å². The summed E-state index contributed by atoms with van der Waals surface area (Å²) in [5.41, 5.74) is 0.707. The quantitative estimate of drug-likeness (QED) is 0.776. The van der Waals surface area contributed by atoms with Gasteiger partial charge in [0.25, 0.3) is 0 Å². The number of hydrogen-bond acceptors (Lipinski definition) is 4. The van der Waals surface area contributed by atoms with Gasteiger partial charge in [0, 0.05) is 6.42 Å². The molecule has 0 amide bonds. The van der Waals surface area contributed by atoms with Crippen molar-refractivity contribution in [1.29, 1.82) is 5.26 Å². The molecule has 0 spiro atoms. The number of carboxylic acid groups (broad SMARTS) is 1. The van der Waals surface area contributed by atoms with Crippen LogP contribution < -0.4 is 0 Å². The smallest absolute Gasteiger partial charge is 0.337 e. The lowest BCUT2D eigenvalue weighted by molar-refractivity contribution is -0.146. The Labute approximate surface area is 108 Å². The van der Waals surface area contributed by atoms with E-state index >= 15 is 0 Å². The predicted molar refractivity (Wildman–Crippen MR) is 63.2 cm³/mol. The van der Waals surface area contributed by atoms with Crippen LogP contribution in [0, 0.1) is 11.3 Å². The van der Waals surface area contributed by atoms with Crippen molar-refractivity contribution in [2.45, 2.75) is 12.5 Å². The number of hydrogen-bond donors (Lipinski definition) is 2. The van der Waals surface area contributed by atoms with Crippen molar-refractivity contribution in [3.05, 3.63) is 34.9 Å². The first-order valence-electron chi connectivity index (χ1n) is 5.00. The van der Waals surface area contributed by atoms with Crippen molar-refractivity contribution in [1.82, 2.24) is 0 Å². The van der Waals surface area contributed by atoms with Crippen LogP contribution in [-0.2, 0) is 16.0 Å². The molecule has 0 saturated carbocycles. The molecule has 6 heteroatoms. The fourth-order valence-corrected chi connectivity index (χ4v) is 1.55. The van der Waals surface area contributed by atoms with Crippen molar-refractivity contribution in [2.75, 3.05) is 5.88 Å². The maximum absolute atomic E-state index is 11.2. The van der Waals surface area contributed by atoms with Gasteiger partial charge in [0.05, 0.1) is 17.5 Å². The van der Waals surface area contributed by atoms with Crippen molar-refractivity contribution in [2.24, 2.45) is 0 Å². The van der Waals surface area contributed by atoms with E-state index in [0.29, 0.717) is 5.56 Å². The molecule has 1 rings (SSSR count). The lowest BCUT2D eigenvalue weighted by atomic mass is 9.99. The zero-order valence-corrected chi connectivity index (χ0v) is 10.0. The summed E-state index contributed by atoms with van der Waals surface area (Å²) in [5, 5.41) is 26.9. The Balaban J connectivity index is 3.14. The maximum atomic E-state index is 11.2. The first kappa shape index (κ1) is 14.2. The van der Waals surface area contributed by atoms with Gasteiger partial charge in [-0.25, -0.2) is 4.79 Å². The molecule has 0 radical (unpaired) electrons. The van der Waals surface area contributed by atoms with E-state index in [0.717, 1.165) is 0 Å². The number of nitriles is 1. The highest BCUT2D eigenvalue weighted by molar-refractivity contribution is 6.27. The summed E-state index contributed by atoms with van der Waals surface area (Å²) in [6.07, 6.45) is -1.72. The average molecular weight is 268 g/mol. The van der Waals surface area contributed by atoms with E-state index in [4.69, 9.17) is 22.0 Å². The summed E-state index contributed by atoms with van der Waals surface area (Å²) in [6.45, 7) is 0. The highest BCUT2D eigenvalue weighted by Gasteiger charge is 2.17. The number of carboxylic acids is 1. The first-order chi connectivity index (χ1) is 8.47. The number of aliphatic hydroxyl groups is 1. The molecule has 0 saturated heterocycles. The van der Waals surface area contributed by atoms with Crippen molar-refractivity contribution < 1.29 is 19.8 Å². The molecule has 0 aliphatic rings. The number of aliphatic hydroxyl groups excluding tert-OH is 1. The number of carbonyl (C=O) groups is 2. The van der Waals surface area contributed by atoms with Crippen molar-refractivity contribution >= 4 is 23.4 Å². The van der Waals surface area contributed by atoms with Gasteiger partial charge in [-0.05, 0) is 23.3 Å². The molecule has 5 nitrogen and oxygen atoms in total. The Hall–Kier alpha value is -1.90. The Bertz CT molecular complexity index is 521. The molecular formula is C12H10ClNO4. The zero-order valence-electron chi connectivity index (χ0n) is 9.26. The minimum absolute atomic E-state index is 0.00163. The summed E-state index contributed by atoms with van der Waals surface area (Å²) in [4.78, 5) is 21.9. The third-order valence-electron chi connectivity index (χ3n) is 2.24. The SMILES string of the molecule is N#Cc1cc(CC(=O)CCl)cc(C(O)C(=O)O)c1. The van der Waals surface area contributed by atoms with Crippen LogP contribution in [0.1, 0.15) is 22.8 Å². The second-order valence-corrected chi connectivity index (χ2v) is 3.93. The topological polar surface area (TPSA) is 98.4 Å². The lowest BCUT2D eigenvalue weighted by Gasteiger charge is -2.08. The predicted octanol–water partition coefficient (Wildman–Crippen LogP) is 1.03. The van der Waals surface area contributed by atoms with E-state index < -0.39 is 12.1 Å². The largest absolute Gasteiger partial charge is 0.479 e. The van der Waals surface area contributed by atoms with E-state index in [2.05, 4.69) is 0 Å². The molecule has 94 valence electrons. The Kier molecular flexibility index (Phi) is 4.84. The van der Waals surface area contributed by atoms with Gasteiger partial charge in [0.2, 0.25) is 0 Å². The average Bonchev–Trinajstić information content (AvgIpc) is 2.36. The van der Waals surface area contributed by atoms with Gasteiger partial charge >= 0.3 is 5.97 Å². The second kappa shape index (κ2) is 6.15. The molecule has 1 aromatic rings. The molecule has 18 heavy (non-hydrogen) atoms. The van der Waals surface area contributed by atoms with Gasteiger partial charge in [-0.3, -0.25) is 4.79 Å². The first-order valence-corrected chi connectivity index (χ1v) is 5.54. The van der Waals surface area contributed by atoms with E-state index in [-0.39, 0.29) is 29.2 Å². The van der Waals surface area contributed by atoms with Crippen LogP contribution in [0.2, 0.25) is 0 Å². The molecule has 0 aliphatic heterocycles. The normalized spacial score (nSPS) is 11.6. The number of benzene rings is 1. The molecule has 2 N–H and O–H groups in total. The number of nitrogens with zero attached hydrogens (tertiary/aromatic N) is 1. The number of carbonyl (C=O) groups excluding carboxylic acids is 1. The molecule has 0 aliphatic carbocycles. The molecule has 1 unspecified atom stereocenters. The number of rotatable bonds is 5. The highest BCUT2D eigenvalue weighted by Crippen LogP contribution is 2.18. The van der Waals surface area contributed by atoms with E-state index in [1.165, 1.54) is 18.2 Å². The third kappa shape index (κ3) is 3.55. The highest BCUT2D eigenvalue weighted by atomic mass is 35.5. The number of aliphatic carboxylic acids is 1. The number of Topliss-reactive ketones (excluding diaryl/α,β-unsaturated/α-hetero) is 1. The van der Waals surface area contributed by atoms with Gasteiger partial charge in [-0.2, -0.15) is 5.26 Å². The summed E-state index contributed by atoms with van der Waals surface area (Å²) in [6, 6.07) is 5.96. The fourth-order valence-electron chi connectivity index (χ4n) is 1.46. The zero-order chi connectivity index (χ0) is 13.7. The Morgan fingerprint density at radius 1 is 1.39 bits per heavy atom. The fraction of sp³-hybridized carbons (Fsp3) is 0.250. The van der Waals surface area contributed by atoms with Crippen LogP contribution in [0.25, 0.3) is 0 Å². The summed E-state index contributed by atoms with van der Waals surface area (Å²) in [5.74, 6) is -1.82. The van der Waals surface area contributed by atoms with Crippen molar-refractivity contribution in [3.8, 4) is 6.07 Å². The molecule has 0 fully saturated rings. The van der Waals surface area contributed by atoms with Gasteiger partial charge in [-0.1, -0.05) is 6.07 Å². The van der Waals surface area contributed by atoms with Crippen LogP contribution in [-0.4, -0.2) is 27.8 Å². The minimum atomic E-state index is -1.72. The molecule has 0 aromatic heterocycles. The monoisotopic (exact) mass is 267 g/mol. The Morgan fingerprint density at radius 2 is 2.06 bits per heavy atom. The molecule has 1 aromatic carbocycles. The van der Waals surface area contributed by atoms with Crippen LogP contribution in [0.15, 0.2) is 18.2 Å².